The molecule has 0 radical (unpaired) electrons. The average molecular weight is 330 g/mol. The van der Waals surface area contributed by atoms with E-state index >= 15 is 0 Å². The molecule has 2 aromatic rings. The highest BCUT2D eigenvalue weighted by Gasteiger charge is 2.33. The fourth-order valence-electron chi connectivity index (χ4n) is 2.73. The van der Waals surface area contributed by atoms with Gasteiger partial charge in [-0.05, 0) is 25.0 Å². The van der Waals surface area contributed by atoms with Gasteiger partial charge in [-0.2, -0.15) is 0 Å². The minimum Gasteiger partial charge on any atom is -0.475 e. The van der Waals surface area contributed by atoms with E-state index in [4.69, 9.17) is 14.3 Å². The van der Waals surface area contributed by atoms with E-state index in [2.05, 4.69) is 4.98 Å². The van der Waals surface area contributed by atoms with Gasteiger partial charge in [0.2, 0.25) is 11.7 Å². The summed E-state index contributed by atoms with van der Waals surface area (Å²) in [6, 6.07) is 8.86. The number of nitrogens with zero attached hydrogens (tertiary/aromatic N) is 2. The van der Waals surface area contributed by atoms with Gasteiger partial charge in [0.1, 0.15) is 5.75 Å². The van der Waals surface area contributed by atoms with Crippen molar-refractivity contribution in [3.63, 3.8) is 0 Å². The van der Waals surface area contributed by atoms with Crippen LogP contribution in [0.5, 0.6) is 5.75 Å². The number of rotatable bonds is 4. The van der Waals surface area contributed by atoms with Crippen molar-refractivity contribution in [1.29, 1.82) is 0 Å². The summed E-state index contributed by atoms with van der Waals surface area (Å²) in [5.74, 6) is -0.490. The van der Waals surface area contributed by atoms with Gasteiger partial charge in [0.05, 0.1) is 11.6 Å². The molecule has 0 aliphatic carbocycles. The predicted molar refractivity (Wildman–Crippen MR) is 84.2 cm³/mol. The Bertz CT molecular complexity index is 741. The highest BCUT2D eigenvalue weighted by atomic mass is 16.6. The van der Waals surface area contributed by atoms with Crippen LogP contribution in [0, 0.1) is 0 Å². The monoisotopic (exact) mass is 330 g/mol. The number of likely N-dealkylation sites (tertiary alicyclic amines) is 1. The van der Waals surface area contributed by atoms with Crippen LogP contribution in [0.1, 0.15) is 41.4 Å². The number of aryl methyl sites for hydroxylation is 1. The zero-order valence-corrected chi connectivity index (χ0v) is 13.3. The summed E-state index contributed by atoms with van der Waals surface area (Å²) in [5.41, 5.74) is 0.433. The molecule has 2 heterocycles. The quantitative estimate of drug-likeness (QED) is 0.926. The van der Waals surface area contributed by atoms with Crippen molar-refractivity contribution < 1.29 is 23.8 Å². The zero-order chi connectivity index (χ0) is 17.1. The molecule has 7 heteroatoms. The van der Waals surface area contributed by atoms with E-state index in [1.54, 1.807) is 29.2 Å². The van der Waals surface area contributed by atoms with Gasteiger partial charge in [0.15, 0.2) is 0 Å². The Morgan fingerprint density at radius 1 is 1.38 bits per heavy atom. The maximum absolute atomic E-state index is 12.2. The van der Waals surface area contributed by atoms with Gasteiger partial charge in [0, 0.05) is 13.1 Å². The third kappa shape index (κ3) is 3.24. The Labute approximate surface area is 138 Å². The number of aromatic carboxylic acids is 1. The summed E-state index contributed by atoms with van der Waals surface area (Å²) in [5, 5.41) is 9.14. The lowest BCUT2D eigenvalue weighted by Crippen LogP contribution is -2.31. The van der Waals surface area contributed by atoms with E-state index in [1.165, 1.54) is 0 Å². The standard InChI is InChI=1S/C17H18N2O5/c1-2-13-14(16(20)21)24-15(18-13)11-8-9-19(10-11)17(22)23-12-6-4-3-5-7-12/h3-7,11H,2,8-10H2,1H3,(H,20,21)/t11-/m0/s1. The first-order valence-corrected chi connectivity index (χ1v) is 7.83. The maximum atomic E-state index is 12.2. The van der Waals surface area contributed by atoms with Crippen molar-refractivity contribution in [2.24, 2.45) is 0 Å². The average Bonchev–Trinajstić information content (AvgIpc) is 3.22. The molecule has 1 aromatic carbocycles. The third-order valence-corrected chi connectivity index (χ3v) is 3.99. The molecule has 1 amide bonds. The van der Waals surface area contributed by atoms with E-state index < -0.39 is 12.1 Å². The van der Waals surface area contributed by atoms with Crippen LogP contribution < -0.4 is 4.74 Å². The molecule has 0 spiro atoms. The van der Waals surface area contributed by atoms with Crippen LogP contribution in [-0.2, 0) is 6.42 Å². The second kappa shape index (κ2) is 6.74. The Kier molecular flexibility index (Phi) is 4.50. The minimum atomic E-state index is -1.12. The fourth-order valence-corrected chi connectivity index (χ4v) is 2.73. The summed E-state index contributed by atoms with van der Waals surface area (Å²) >= 11 is 0. The van der Waals surface area contributed by atoms with Gasteiger partial charge in [-0.25, -0.2) is 14.6 Å². The summed E-state index contributed by atoms with van der Waals surface area (Å²) < 4.78 is 10.7. The number of hydrogen-bond acceptors (Lipinski definition) is 5. The number of benzene rings is 1. The number of ether oxygens (including phenoxy) is 1. The molecular weight excluding hydrogens is 312 g/mol. The van der Waals surface area contributed by atoms with Gasteiger partial charge in [-0.1, -0.05) is 25.1 Å². The lowest BCUT2D eigenvalue weighted by molar-refractivity contribution is 0.0658. The predicted octanol–water partition coefficient (Wildman–Crippen LogP) is 2.92. The van der Waals surface area contributed by atoms with Crippen molar-refractivity contribution >= 4 is 12.1 Å². The smallest absolute Gasteiger partial charge is 0.415 e. The van der Waals surface area contributed by atoms with Crippen molar-refractivity contribution in [2.45, 2.75) is 25.7 Å². The molecule has 1 atom stereocenters. The van der Waals surface area contributed by atoms with Gasteiger partial charge in [-0.15, -0.1) is 0 Å². The third-order valence-electron chi connectivity index (χ3n) is 3.99. The number of carbonyl (C=O) groups is 2. The molecule has 0 saturated carbocycles. The molecule has 126 valence electrons. The van der Waals surface area contributed by atoms with Crippen LogP contribution in [0.25, 0.3) is 0 Å². The first kappa shape index (κ1) is 16.0. The van der Waals surface area contributed by atoms with Gasteiger partial charge in [0.25, 0.3) is 0 Å². The van der Waals surface area contributed by atoms with Crippen molar-refractivity contribution in [3.8, 4) is 5.75 Å². The lowest BCUT2D eigenvalue weighted by Gasteiger charge is -2.15. The molecule has 1 aliphatic heterocycles. The molecule has 0 bridgehead atoms. The van der Waals surface area contributed by atoms with Crippen LogP contribution in [0.2, 0.25) is 0 Å². The molecule has 1 fully saturated rings. The second-order valence-corrected chi connectivity index (χ2v) is 5.60. The van der Waals surface area contributed by atoms with Gasteiger partial charge in [-0.3, -0.25) is 0 Å². The number of oxazole rings is 1. The molecule has 1 aromatic heterocycles. The van der Waals surface area contributed by atoms with E-state index in [0.29, 0.717) is 43.3 Å². The SMILES string of the molecule is CCc1nc([C@H]2CCN(C(=O)Oc3ccccc3)C2)oc1C(=O)O. The number of carboxylic acids is 1. The zero-order valence-electron chi connectivity index (χ0n) is 13.3. The molecule has 7 nitrogen and oxygen atoms in total. The normalized spacial score (nSPS) is 17.0. The number of carbonyl (C=O) groups excluding carboxylic acids is 1. The molecule has 3 rings (SSSR count). The van der Waals surface area contributed by atoms with Gasteiger partial charge >= 0.3 is 12.1 Å². The molecule has 1 saturated heterocycles. The maximum Gasteiger partial charge on any atom is 0.415 e. The number of amides is 1. The Balaban J connectivity index is 1.67. The van der Waals surface area contributed by atoms with E-state index in [0.717, 1.165) is 0 Å². The van der Waals surface area contributed by atoms with Gasteiger partial charge < -0.3 is 19.2 Å². The summed E-state index contributed by atoms with van der Waals surface area (Å²) in [7, 11) is 0. The van der Waals surface area contributed by atoms with Crippen LogP contribution >= 0.6 is 0 Å². The Hall–Kier alpha value is -2.83. The largest absolute Gasteiger partial charge is 0.475 e. The van der Waals surface area contributed by atoms with Crippen molar-refractivity contribution in [2.75, 3.05) is 13.1 Å². The summed E-state index contributed by atoms with van der Waals surface area (Å²) in [6.07, 6.45) is 0.717. The molecule has 1 N–H and O–H groups in total. The topological polar surface area (TPSA) is 92.9 Å². The molecular formula is C17H18N2O5. The van der Waals surface area contributed by atoms with E-state index in [9.17, 15) is 9.59 Å². The number of carboxylic acid groups (broad SMARTS) is 1. The van der Waals surface area contributed by atoms with Crippen LogP contribution in [0.15, 0.2) is 34.7 Å². The van der Waals surface area contributed by atoms with Crippen molar-refractivity contribution in [1.82, 2.24) is 9.88 Å². The summed E-state index contributed by atoms with van der Waals surface area (Å²) in [4.78, 5) is 29.2. The van der Waals surface area contributed by atoms with Crippen LogP contribution in [0.4, 0.5) is 4.79 Å². The molecule has 0 unspecified atom stereocenters. The van der Waals surface area contributed by atoms with E-state index in [-0.39, 0.29) is 11.7 Å². The Morgan fingerprint density at radius 3 is 2.75 bits per heavy atom. The highest BCUT2D eigenvalue weighted by Crippen LogP contribution is 2.29. The molecule has 24 heavy (non-hydrogen) atoms. The number of aromatic nitrogens is 1. The summed E-state index contributed by atoms with van der Waals surface area (Å²) in [6.45, 7) is 2.74. The Morgan fingerprint density at radius 2 is 2.12 bits per heavy atom. The van der Waals surface area contributed by atoms with Crippen LogP contribution in [-0.4, -0.2) is 40.1 Å². The lowest BCUT2D eigenvalue weighted by atomic mass is 10.1. The number of hydrogen-bond donors (Lipinski definition) is 1. The first-order valence-electron chi connectivity index (χ1n) is 7.83. The molecule has 1 aliphatic rings. The van der Waals surface area contributed by atoms with Crippen LogP contribution in [0.3, 0.4) is 0 Å². The highest BCUT2D eigenvalue weighted by molar-refractivity contribution is 5.85. The number of para-hydroxylation sites is 1. The second-order valence-electron chi connectivity index (χ2n) is 5.60. The van der Waals surface area contributed by atoms with E-state index in [1.807, 2.05) is 13.0 Å². The fraction of sp³-hybridized carbons (Fsp3) is 0.353. The first-order chi connectivity index (χ1) is 11.6. The van der Waals surface area contributed by atoms with Crippen molar-refractivity contribution in [3.05, 3.63) is 47.7 Å². The minimum absolute atomic E-state index is 0.113.